The van der Waals surface area contributed by atoms with E-state index in [1.165, 1.54) is 107 Å². The van der Waals surface area contributed by atoms with Crippen molar-refractivity contribution in [3.05, 3.63) is 255 Å². The summed E-state index contributed by atoms with van der Waals surface area (Å²) in [6, 6.07) is 39.2. The van der Waals surface area contributed by atoms with Crippen molar-refractivity contribution in [3.63, 3.8) is 0 Å². The Hall–Kier alpha value is -8.45. The molecule has 0 saturated carbocycles. The molecule has 0 amide bonds. The van der Waals surface area contributed by atoms with Crippen LogP contribution in [0.1, 0.15) is 86.0 Å². The maximum atomic E-state index is 13.3. The van der Waals surface area contributed by atoms with E-state index in [0.717, 1.165) is 131 Å². The average molecular weight is 1280 g/mol. The van der Waals surface area contributed by atoms with Gasteiger partial charge in [0.25, 0.3) is 0 Å². The van der Waals surface area contributed by atoms with Crippen molar-refractivity contribution < 1.29 is 14.6 Å². The zero-order valence-corrected chi connectivity index (χ0v) is 55.7. The third kappa shape index (κ3) is 13.9. The number of hydrogen-bond acceptors (Lipinski definition) is 11. The Morgan fingerprint density at radius 3 is 1.78 bits per heavy atom. The molecular weight excluding hydrogens is 1190 g/mol. The van der Waals surface area contributed by atoms with E-state index in [0.29, 0.717) is 13.1 Å². The van der Waals surface area contributed by atoms with Gasteiger partial charge in [-0.15, -0.1) is 0 Å². The molecule has 0 spiro atoms. The quantitative estimate of drug-likeness (QED) is 0.121. The fraction of sp³-hybridized carbons (Fsp3) is 0.338. The van der Waals surface area contributed by atoms with Crippen LogP contribution in [-0.4, -0.2) is 127 Å². The van der Waals surface area contributed by atoms with Crippen molar-refractivity contribution in [2.24, 2.45) is 0 Å². The summed E-state index contributed by atoms with van der Waals surface area (Å²) in [4.78, 5) is 31.1. The molecule has 0 saturated heterocycles. The highest BCUT2D eigenvalue weighted by atomic mass is 35.5. The lowest BCUT2D eigenvalue weighted by Gasteiger charge is -2.29. The predicted octanol–water partition coefficient (Wildman–Crippen LogP) is 12.7. The summed E-state index contributed by atoms with van der Waals surface area (Å²) in [6.45, 7) is 15.1. The molecule has 3 aromatic carbocycles. The monoisotopic (exact) mass is 1280 g/mol. The third-order valence-electron chi connectivity index (χ3n) is 19.5. The van der Waals surface area contributed by atoms with Crippen molar-refractivity contribution in [2.75, 3.05) is 54.4 Å². The average Bonchev–Trinajstić information content (AvgIpc) is 1.63. The van der Waals surface area contributed by atoms with Gasteiger partial charge in [0.1, 0.15) is 11.4 Å². The summed E-state index contributed by atoms with van der Waals surface area (Å²) in [5, 5.41) is 26.4. The standard InChI is InChI=1S/C22H25FN2O.C19H20ClN3O.2C18H20N4/c1-15-4-9-20-18(12-15)19-13-24(3)11-10-21(19)25(20)14-22(2,26)16-5-7-17(23)8-6-16;1-22-8-6-18-16(11-22)15-9-14(20)4-5-17(15)23(18)12-19(24)13-3-2-7-21-10-13;1-21-11-7-16-15(13-21)18-17(3-2-8-20-18)22(16)12-6-14-4-9-19-10-5-14;1-21-10-7-17-16(13-21)15-5-9-19-12-18(15)22(17)11-6-14-4-2-3-8-20-14/h4-9,12,26H,10-11,13-14H2,1-3H3;2-5,7,9-10,19,24H,6,8,11-12H2,1H3;2-5,8-10H,6-7,11-13H2,1H3;2-5,8-9,12H,6-7,10-11,13H2,1H3. The topological polar surface area (TPSA) is 138 Å². The maximum Gasteiger partial charge on any atom is 0.123 e. The molecule has 94 heavy (non-hydrogen) atoms. The van der Waals surface area contributed by atoms with Crippen LogP contribution >= 0.6 is 11.6 Å². The summed E-state index contributed by atoms with van der Waals surface area (Å²) in [5.41, 5.74) is 21.4. The summed E-state index contributed by atoms with van der Waals surface area (Å²) in [7, 11) is 8.67. The van der Waals surface area contributed by atoms with Gasteiger partial charge in [0.05, 0.1) is 41.9 Å². The minimum Gasteiger partial charge on any atom is -0.386 e. The molecule has 0 aliphatic carbocycles. The fourth-order valence-electron chi connectivity index (χ4n) is 14.6. The fourth-order valence-corrected chi connectivity index (χ4v) is 14.8. The van der Waals surface area contributed by atoms with Crippen molar-refractivity contribution in [1.29, 1.82) is 0 Å². The lowest BCUT2D eigenvalue weighted by molar-refractivity contribution is 0.0384. The number of aliphatic hydroxyl groups is 2. The van der Waals surface area contributed by atoms with Gasteiger partial charge in [-0.1, -0.05) is 47.5 Å². The van der Waals surface area contributed by atoms with Gasteiger partial charge >= 0.3 is 0 Å². The first-order valence-corrected chi connectivity index (χ1v) is 33.4. The Morgan fingerprint density at radius 2 is 1.10 bits per heavy atom. The van der Waals surface area contributed by atoms with Gasteiger partial charge in [0.2, 0.25) is 0 Å². The number of hydrogen-bond donors (Lipinski definition) is 2. The molecule has 12 aromatic rings. The van der Waals surface area contributed by atoms with Crippen molar-refractivity contribution in [2.45, 2.75) is 116 Å². The minimum absolute atomic E-state index is 0.285. The highest BCUT2D eigenvalue weighted by molar-refractivity contribution is 6.31. The van der Waals surface area contributed by atoms with E-state index in [-0.39, 0.29) is 5.82 Å². The van der Waals surface area contributed by atoms with Crippen LogP contribution < -0.4 is 0 Å². The number of halogens is 2. The van der Waals surface area contributed by atoms with Crippen LogP contribution in [0.15, 0.2) is 171 Å². The van der Waals surface area contributed by atoms with E-state index in [1.54, 1.807) is 24.5 Å². The van der Waals surface area contributed by atoms with Crippen LogP contribution in [0.2, 0.25) is 5.02 Å². The molecule has 17 heteroatoms. The Morgan fingerprint density at radius 1 is 0.521 bits per heavy atom. The molecule has 9 aromatic heterocycles. The predicted molar refractivity (Wildman–Crippen MR) is 374 cm³/mol. The number of aryl methyl sites for hydroxylation is 5. The van der Waals surface area contributed by atoms with E-state index >= 15 is 0 Å². The normalized spacial score (nSPS) is 16.0. The molecular formula is C77H85ClFN13O2. The Bertz CT molecular complexity index is 4450. The van der Waals surface area contributed by atoms with Crippen LogP contribution in [0.5, 0.6) is 0 Å². The SMILES string of the molecule is CN1CCc2c(c3cc(Cl)ccc3n2CC(O)c2cccnc2)C1.CN1CCc2c(c3ccncc3n2CCc2ccccn2)C1.CN1CCc2c(c3ncccc3n2CCc2ccncc2)C1.Cc1ccc2c(c1)c1c(n2CC(C)(O)c2ccc(F)cc2)CCN(C)C1. The zero-order chi connectivity index (χ0) is 65.0. The summed E-state index contributed by atoms with van der Waals surface area (Å²) in [6.07, 6.45) is 20.5. The van der Waals surface area contributed by atoms with Gasteiger partial charge in [-0.05, 0) is 167 Å². The Kier molecular flexibility index (Phi) is 19.3. The zero-order valence-electron chi connectivity index (χ0n) is 54.9. The molecule has 0 bridgehead atoms. The van der Waals surface area contributed by atoms with Crippen LogP contribution in [-0.2, 0) is 96.5 Å². The van der Waals surface area contributed by atoms with Gasteiger partial charge in [-0.2, -0.15) is 0 Å². The van der Waals surface area contributed by atoms with Crippen molar-refractivity contribution in [3.8, 4) is 0 Å². The molecule has 4 aliphatic heterocycles. The number of fused-ring (bicyclic) bond motifs is 12. The van der Waals surface area contributed by atoms with Crippen LogP contribution in [0.4, 0.5) is 4.39 Å². The largest absolute Gasteiger partial charge is 0.386 e. The minimum atomic E-state index is -1.07. The Balaban J connectivity index is 0.000000114. The van der Waals surface area contributed by atoms with E-state index in [2.05, 4.69) is 159 Å². The van der Waals surface area contributed by atoms with E-state index in [4.69, 9.17) is 11.6 Å². The number of nitrogens with zero attached hydrogens (tertiary/aromatic N) is 13. The van der Waals surface area contributed by atoms with Crippen molar-refractivity contribution in [1.82, 2.24) is 62.8 Å². The number of aromatic nitrogens is 9. The molecule has 0 radical (unpaired) electrons. The molecule has 2 unspecified atom stereocenters. The summed E-state index contributed by atoms with van der Waals surface area (Å²) in [5.74, 6) is -0.285. The van der Waals surface area contributed by atoms with Gasteiger partial charge in [-0.3, -0.25) is 24.9 Å². The third-order valence-corrected chi connectivity index (χ3v) is 19.7. The van der Waals surface area contributed by atoms with Crippen LogP contribution in [0.25, 0.3) is 43.7 Å². The second-order valence-corrected chi connectivity index (χ2v) is 26.8. The van der Waals surface area contributed by atoms with Gasteiger partial charge < -0.3 is 48.1 Å². The van der Waals surface area contributed by atoms with E-state index < -0.39 is 11.7 Å². The van der Waals surface area contributed by atoms with Crippen LogP contribution in [0, 0.1) is 12.7 Å². The molecule has 0 fully saturated rings. The highest BCUT2D eigenvalue weighted by Crippen LogP contribution is 2.37. The highest BCUT2D eigenvalue weighted by Gasteiger charge is 2.31. The van der Waals surface area contributed by atoms with Crippen LogP contribution in [0.3, 0.4) is 0 Å². The first-order valence-electron chi connectivity index (χ1n) is 33.0. The van der Waals surface area contributed by atoms with Crippen molar-refractivity contribution >= 4 is 55.3 Å². The number of likely N-dealkylation sites (N-methyl/N-ethyl adjacent to an activating group) is 4. The first kappa shape index (κ1) is 64.3. The number of rotatable bonds is 12. The van der Waals surface area contributed by atoms with Gasteiger partial charge in [-0.25, -0.2) is 4.39 Å². The second-order valence-electron chi connectivity index (χ2n) is 26.4. The maximum absolute atomic E-state index is 13.3. The lowest BCUT2D eigenvalue weighted by atomic mass is 9.95. The molecule has 484 valence electrons. The van der Waals surface area contributed by atoms with E-state index in [1.807, 2.05) is 80.5 Å². The number of benzene rings is 3. The molecule has 2 atom stereocenters. The van der Waals surface area contributed by atoms with E-state index in [9.17, 15) is 14.6 Å². The number of aliphatic hydroxyl groups excluding tert-OH is 1. The molecule has 4 aliphatic rings. The summed E-state index contributed by atoms with van der Waals surface area (Å²) >= 11 is 6.23. The first-order chi connectivity index (χ1) is 45.6. The molecule has 16 rings (SSSR count). The number of pyridine rings is 5. The molecule has 15 nitrogen and oxygen atoms in total. The van der Waals surface area contributed by atoms with Gasteiger partial charge in [0, 0.05) is 213 Å². The smallest absolute Gasteiger partial charge is 0.123 e. The lowest BCUT2D eigenvalue weighted by Crippen LogP contribution is -2.31. The second kappa shape index (κ2) is 28.2. The molecule has 13 heterocycles. The van der Waals surface area contributed by atoms with Gasteiger partial charge in [0.15, 0.2) is 0 Å². The summed E-state index contributed by atoms with van der Waals surface area (Å²) < 4.78 is 22.7. The Labute approximate surface area is 555 Å². The molecule has 2 N–H and O–H groups in total.